The average molecular weight is 389 g/mol. The Balaban J connectivity index is 2.42. The van der Waals surface area contributed by atoms with Crippen molar-refractivity contribution in [2.24, 2.45) is 0 Å². The molecule has 1 aromatic heterocycles. The third-order valence-electron chi connectivity index (χ3n) is 3.85. The molecule has 0 amide bonds. The highest BCUT2D eigenvalue weighted by atomic mass is 35.5. The molecule has 0 atom stereocenters. The van der Waals surface area contributed by atoms with Gasteiger partial charge in [0.1, 0.15) is 17.1 Å². The van der Waals surface area contributed by atoms with Gasteiger partial charge in [-0.1, -0.05) is 35.9 Å². The van der Waals surface area contributed by atoms with Crippen LogP contribution in [0.4, 0.5) is 4.39 Å². The Morgan fingerprint density at radius 2 is 1.67 bits per heavy atom. The van der Waals surface area contributed by atoms with Crippen molar-refractivity contribution < 1.29 is 23.5 Å². The van der Waals surface area contributed by atoms with Crippen LogP contribution >= 0.6 is 11.6 Å². The van der Waals surface area contributed by atoms with Gasteiger partial charge in [-0.15, -0.1) is 0 Å². The molecule has 27 heavy (non-hydrogen) atoms. The van der Waals surface area contributed by atoms with Crippen molar-refractivity contribution in [2.75, 3.05) is 14.2 Å². The van der Waals surface area contributed by atoms with Crippen LogP contribution in [0, 0.1) is 5.82 Å². The summed E-state index contributed by atoms with van der Waals surface area (Å²) in [7, 11) is 2.32. The summed E-state index contributed by atoms with van der Waals surface area (Å²) in [6, 6.07) is 12.6. The summed E-state index contributed by atoms with van der Waals surface area (Å²) >= 11 is 6.15. The third kappa shape index (κ3) is 3.29. The van der Waals surface area contributed by atoms with Crippen LogP contribution in [0.1, 0.15) is 20.8 Å². The number of hydrogen-bond donors (Lipinski definition) is 0. The molecule has 138 valence electrons. The molecular weight excluding hydrogens is 375 g/mol. The lowest BCUT2D eigenvalue weighted by atomic mass is 10.0. The number of methoxy groups -OCH3 is 2. The first kappa shape index (κ1) is 18.6. The van der Waals surface area contributed by atoms with E-state index in [1.54, 1.807) is 30.3 Å². The number of rotatable bonds is 4. The summed E-state index contributed by atoms with van der Waals surface area (Å²) in [5.74, 6) is -2.39. The molecule has 0 radical (unpaired) electrons. The predicted octanol–water partition coefficient (Wildman–Crippen LogP) is 3.91. The van der Waals surface area contributed by atoms with Crippen LogP contribution < -0.4 is 0 Å². The average Bonchev–Trinajstić information content (AvgIpc) is 3.07. The van der Waals surface area contributed by atoms with Crippen LogP contribution in [0.2, 0.25) is 5.02 Å². The van der Waals surface area contributed by atoms with Crippen LogP contribution in [0.25, 0.3) is 16.9 Å². The van der Waals surface area contributed by atoms with Gasteiger partial charge in [-0.2, -0.15) is 5.10 Å². The molecule has 6 nitrogen and oxygen atoms in total. The van der Waals surface area contributed by atoms with Gasteiger partial charge in [-0.25, -0.2) is 18.7 Å². The minimum absolute atomic E-state index is 0.0364. The maximum Gasteiger partial charge on any atom is 0.357 e. The third-order valence-corrected chi connectivity index (χ3v) is 4.17. The second-order valence-corrected chi connectivity index (χ2v) is 5.81. The number of aromatic nitrogens is 2. The molecule has 0 fully saturated rings. The van der Waals surface area contributed by atoms with Gasteiger partial charge in [0.15, 0.2) is 5.69 Å². The van der Waals surface area contributed by atoms with Crippen LogP contribution in [-0.4, -0.2) is 35.9 Å². The van der Waals surface area contributed by atoms with E-state index in [1.165, 1.54) is 30.0 Å². The maximum atomic E-state index is 14.5. The number of ether oxygens (including phenoxy) is 2. The molecule has 2 aromatic carbocycles. The normalized spacial score (nSPS) is 10.5. The SMILES string of the molecule is COC(=O)c1c(-c2c(F)cccc2Cl)nn(-c2ccccc2)c1C(=O)OC. The number of carbonyl (C=O) groups excluding carboxylic acids is 2. The van der Waals surface area contributed by atoms with Gasteiger partial charge in [0.2, 0.25) is 0 Å². The Kier molecular flexibility index (Phi) is 5.23. The Morgan fingerprint density at radius 1 is 1.00 bits per heavy atom. The van der Waals surface area contributed by atoms with Gasteiger partial charge in [0.05, 0.1) is 30.5 Å². The lowest BCUT2D eigenvalue weighted by molar-refractivity contribution is 0.0549. The second kappa shape index (κ2) is 7.59. The van der Waals surface area contributed by atoms with E-state index in [-0.39, 0.29) is 27.5 Å². The lowest BCUT2D eigenvalue weighted by Gasteiger charge is -2.07. The lowest BCUT2D eigenvalue weighted by Crippen LogP contribution is -2.15. The minimum Gasteiger partial charge on any atom is -0.465 e. The molecule has 0 saturated heterocycles. The summed E-state index contributed by atoms with van der Waals surface area (Å²) in [6.45, 7) is 0. The smallest absolute Gasteiger partial charge is 0.357 e. The molecule has 0 aliphatic heterocycles. The number of benzene rings is 2. The van der Waals surface area contributed by atoms with Crippen molar-refractivity contribution in [1.82, 2.24) is 9.78 Å². The van der Waals surface area contributed by atoms with Gasteiger partial charge in [-0.3, -0.25) is 0 Å². The van der Waals surface area contributed by atoms with E-state index in [4.69, 9.17) is 21.1 Å². The van der Waals surface area contributed by atoms with Crippen LogP contribution in [0.15, 0.2) is 48.5 Å². The van der Waals surface area contributed by atoms with Gasteiger partial charge in [0.25, 0.3) is 0 Å². The number of esters is 2. The topological polar surface area (TPSA) is 70.4 Å². The van der Waals surface area contributed by atoms with Crippen molar-refractivity contribution in [3.63, 3.8) is 0 Å². The number of nitrogens with zero attached hydrogens (tertiary/aromatic N) is 2. The molecular formula is C19H14ClFN2O4. The highest BCUT2D eigenvalue weighted by Crippen LogP contribution is 2.35. The number of halogens is 2. The van der Waals surface area contributed by atoms with Crippen molar-refractivity contribution in [3.05, 3.63) is 70.6 Å². The first-order valence-corrected chi connectivity index (χ1v) is 8.16. The molecule has 0 bridgehead atoms. The second-order valence-electron chi connectivity index (χ2n) is 5.40. The van der Waals surface area contributed by atoms with E-state index < -0.39 is 17.8 Å². The number of carbonyl (C=O) groups is 2. The fourth-order valence-electron chi connectivity index (χ4n) is 2.65. The van der Waals surface area contributed by atoms with Crippen LogP contribution in [0.5, 0.6) is 0 Å². The molecule has 1 heterocycles. The first-order chi connectivity index (χ1) is 13.0. The molecule has 0 N–H and O–H groups in total. The van der Waals surface area contributed by atoms with E-state index in [1.807, 2.05) is 0 Å². The van der Waals surface area contributed by atoms with Crippen LogP contribution in [-0.2, 0) is 9.47 Å². The standard InChI is InChI=1S/C19H14ClFN2O4/c1-26-18(24)15-16(14-12(20)9-6-10-13(14)21)22-23(17(15)19(25)27-2)11-7-4-3-5-8-11/h3-10H,1-2H3. The molecule has 3 rings (SSSR count). The fourth-order valence-corrected chi connectivity index (χ4v) is 2.91. The van der Waals surface area contributed by atoms with E-state index >= 15 is 0 Å². The Bertz CT molecular complexity index is 998. The molecule has 0 aliphatic carbocycles. The van der Waals surface area contributed by atoms with Crippen molar-refractivity contribution in [1.29, 1.82) is 0 Å². The summed E-state index contributed by atoms with van der Waals surface area (Å²) in [5.41, 5.74) is -0.180. The zero-order valence-corrected chi connectivity index (χ0v) is 15.2. The molecule has 0 saturated carbocycles. The summed E-state index contributed by atoms with van der Waals surface area (Å²) in [5, 5.41) is 4.34. The van der Waals surface area contributed by atoms with Gasteiger partial charge < -0.3 is 9.47 Å². The fraction of sp³-hybridized carbons (Fsp3) is 0.105. The van der Waals surface area contributed by atoms with Gasteiger partial charge in [0, 0.05) is 0 Å². The predicted molar refractivity (Wildman–Crippen MR) is 96.6 cm³/mol. The molecule has 8 heteroatoms. The highest BCUT2D eigenvalue weighted by molar-refractivity contribution is 6.33. The van der Waals surface area contributed by atoms with Crippen LogP contribution in [0.3, 0.4) is 0 Å². The van der Waals surface area contributed by atoms with E-state index in [0.717, 1.165) is 7.11 Å². The summed E-state index contributed by atoms with van der Waals surface area (Å²) in [6.07, 6.45) is 0. The largest absolute Gasteiger partial charge is 0.465 e. The van der Waals surface area contributed by atoms with Crippen molar-refractivity contribution in [3.8, 4) is 16.9 Å². The zero-order valence-electron chi connectivity index (χ0n) is 14.4. The van der Waals surface area contributed by atoms with E-state index in [0.29, 0.717) is 5.69 Å². The van der Waals surface area contributed by atoms with Crippen molar-refractivity contribution >= 4 is 23.5 Å². The quantitative estimate of drug-likeness (QED) is 0.634. The molecule has 3 aromatic rings. The summed E-state index contributed by atoms with van der Waals surface area (Å²) < 4.78 is 25.3. The zero-order chi connectivity index (χ0) is 19.6. The number of para-hydroxylation sites is 1. The molecule has 0 unspecified atom stereocenters. The van der Waals surface area contributed by atoms with Gasteiger partial charge in [-0.05, 0) is 24.3 Å². The Morgan fingerprint density at radius 3 is 2.26 bits per heavy atom. The first-order valence-electron chi connectivity index (χ1n) is 7.79. The van der Waals surface area contributed by atoms with E-state index in [2.05, 4.69) is 5.10 Å². The maximum absolute atomic E-state index is 14.5. The highest BCUT2D eigenvalue weighted by Gasteiger charge is 2.33. The minimum atomic E-state index is -0.869. The number of hydrogen-bond acceptors (Lipinski definition) is 5. The Hall–Kier alpha value is -3.19. The van der Waals surface area contributed by atoms with Gasteiger partial charge >= 0.3 is 11.9 Å². The van der Waals surface area contributed by atoms with E-state index in [9.17, 15) is 14.0 Å². The summed E-state index contributed by atoms with van der Waals surface area (Å²) in [4.78, 5) is 24.9. The van der Waals surface area contributed by atoms with Crippen molar-refractivity contribution in [2.45, 2.75) is 0 Å². The molecule has 0 aliphatic rings. The molecule has 0 spiro atoms. The Labute approximate surface area is 159 Å². The monoisotopic (exact) mass is 388 g/mol.